The van der Waals surface area contributed by atoms with Crippen molar-refractivity contribution >= 4 is 56.6 Å². The molecular formula is C16H22Cl2N2O3S2. The number of sulfonamides is 1. The average molecular weight is 425 g/mol. The predicted molar refractivity (Wildman–Crippen MR) is 106 cm³/mol. The molecule has 0 heterocycles. The van der Waals surface area contributed by atoms with Gasteiger partial charge in [-0.05, 0) is 31.0 Å². The highest BCUT2D eigenvalue weighted by Crippen LogP contribution is 2.31. The molecule has 25 heavy (non-hydrogen) atoms. The van der Waals surface area contributed by atoms with E-state index in [1.807, 2.05) is 11.8 Å². The highest BCUT2D eigenvalue weighted by atomic mass is 35.5. The Morgan fingerprint density at radius 3 is 2.64 bits per heavy atom. The maximum Gasteiger partial charge on any atom is 0.240 e. The first-order valence-corrected chi connectivity index (χ1v) is 11.7. The molecule has 1 fully saturated rings. The van der Waals surface area contributed by atoms with Crippen molar-refractivity contribution < 1.29 is 13.2 Å². The average Bonchev–Trinajstić information content (AvgIpc) is 3.04. The van der Waals surface area contributed by atoms with E-state index in [1.54, 1.807) is 6.07 Å². The second-order valence-electron chi connectivity index (χ2n) is 5.99. The van der Waals surface area contributed by atoms with Crippen LogP contribution < -0.4 is 9.62 Å². The fourth-order valence-electron chi connectivity index (χ4n) is 2.72. The Hall–Kier alpha value is -0.630. The molecule has 1 amide bonds. The zero-order chi connectivity index (χ0) is 18.4. The number of carbonyl (C=O) groups excluding carboxylic acids is 1. The van der Waals surface area contributed by atoms with Crippen LogP contribution in [-0.4, -0.2) is 44.7 Å². The Morgan fingerprint density at radius 1 is 1.32 bits per heavy atom. The molecular weight excluding hydrogens is 403 g/mol. The molecule has 0 aliphatic heterocycles. The van der Waals surface area contributed by atoms with Crippen molar-refractivity contribution in [3.63, 3.8) is 0 Å². The third-order valence-electron chi connectivity index (χ3n) is 3.94. The fourth-order valence-corrected chi connectivity index (χ4v) is 5.23. The van der Waals surface area contributed by atoms with Gasteiger partial charge in [0.15, 0.2) is 0 Å². The lowest BCUT2D eigenvalue weighted by Gasteiger charge is -2.23. The minimum absolute atomic E-state index is 0.201. The standard InChI is InChI=1S/C16H22Cl2N2O3S2/c1-25(22,23)20(15-10-12(17)6-7-14(15)18)11-16(21)19-8-9-24-13-4-2-3-5-13/h6-7,10,13H,2-5,8-9,11H2,1H3,(H,19,21). The number of carbonyl (C=O) groups is 1. The number of rotatable bonds is 8. The van der Waals surface area contributed by atoms with Gasteiger partial charge in [0.25, 0.3) is 0 Å². The van der Waals surface area contributed by atoms with E-state index in [2.05, 4.69) is 5.32 Å². The van der Waals surface area contributed by atoms with Crippen LogP contribution in [0.15, 0.2) is 18.2 Å². The Morgan fingerprint density at radius 2 is 2.00 bits per heavy atom. The van der Waals surface area contributed by atoms with Crippen molar-refractivity contribution in [2.24, 2.45) is 0 Å². The van der Waals surface area contributed by atoms with Crippen molar-refractivity contribution in [2.45, 2.75) is 30.9 Å². The van der Waals surface area contributed by atoms with Crippen LogP contribution in [0.5, 0.6) is 0 Å². The number of halogens is 2. The molecule has 140 valence electrons. The second kappa shape index (κ2) is 9.35. The van der Waals surface area contributed by atoms with Gasteiger partial charge in [-0.2, -0.15) is 11.8 Å². The molecule has 0 atom stereocenters. The minimum Gasteiger partial charge on any atom is -0.354 e. The van der Waals surface area contributed by atoms with E-state index in [4.69, 9.17) is 23.2 Å². The summed E-state index contributed by atoms with van der Waals surface area (Å²) in [5.74, 6) is 0.459. The zero-order valence-electron chi connectivity index (χ0n) is 14.0. The second-order valence-corrected chi connectivity index (χ2v) is 10.2. The third kappa shape index (κ3) is 6.55. The number of thioether (sulfide) groups is 1. The van der Waals surface area contributed by atoms with Gasteiger partial charge in [0, 0.05) is 22.6 Å². The number of nitrogens with zero attached hydrogens (tertiary/aromatic N) is 1. The third-order valence-corrected chi connectivity index (χ3v) is 7.01. The first-order chi connectivity index (χ1) is 11.8. The van der Waals surface area contributed by atoms with Crippen LogP contribution in [0.1, 0.15) is 25.7 Å². The maximum atomic E-state index is 12.2. The summed E-state index contributed by atoms with van der Waals surface area (Å²) in [6, 6.07) is 4.51. The van der Waals surface area contributed by atoms with Gasteiger partial charge in [-0.1, -0.05) is 36.0 Å². The lowest BCUT2D eigenvalue weighted by Crippen LogP contribution is -2.41. The zero-order valence-corrected chi connectivity index (χ0v) is 17.1. The topological polar surface area (TPSA) is 66.5 Å². The summed E-state index contributed by atoms with van der Waals surface area (Å²) in [5.41, 5.74) is 0.201. The number of hydrogen-bond acceptors (Lipinski definition) is 4. The van der Waals surface area contributed by atoms with Crippen molar-refractivity contribution in [2.75, 3.05) is 29.4 Å². The quantitative estimate of drug-likeness (QED) is 0.647. The van der Waals surface area contributed by atoms with Crippen LogP contribution in [0.4, 0.5) is 5.69 Å². The van der Waals surface area contributed by atoms with Gasteiger partial charge in [-0.25, -0.2) is 8.42 Å². The highest BCUT2D eigenvalue weighted by molar-refractivity contribution is 7.99. The molecule has 5 nitrogen and oxygen atoms in total. The molecule has 0 unspecified atom stereocenters. The lowest BCUT2D eigenvalue weighted by atomic mass is 10.3. The first kappa shape index (κ1) is 20.7. The molecule has 1 N–H and O–H groups in total. The smallest absolute Gasteiger partial charge is 0.240 e. The summed E-state index contributed by atoms with van der Waals surface area (Å²) in [6.45, 7) is 0.188. The van der Waals surface area contributed by atoms with E-state index >= 15 is 0 Å². The van der Waals surface area contributed by atoms with E-state index in [9.17, 15) is 13.2 Å². The van der Waals surface area contributed by atoms with Gasteiger partial charge in [0.2, 0.25) is 15.9 Å². The Bertz CT molecular complexity index is 707. The van der Waals surface area contributed by atoms with E-state index < -0.39 is 10.0 Å². The molecule has 0 aromatic heterocycles. The summed E-state index contributed by atoms with van der Waals surface area (Å²) < 4.78 is 25.1. The van der Waals surface area contributed by atoms with E-state index in [0.717, 1.165) is 16.3 Å². The molecule has 1 aromatic rings. The van der Waals surface area contributed by atoms with Crippen LogP contribution in [0.3, 0.4) is 0 Å². The van der Waals surface area contributed by atoms with Crippen molar-refractivity contribution in [3.05, 3.63) is 28.2 Å². The van der Waals surface area contributed by atoms with Gasteiger partial charge in [0.05, 0.1) is 17.0 Å². The number of amides is 1. The Kier molecular flexibility index (Phi) is 7.73. The molecule has 0 saturated heterocycles. The molecule has 0 radical (unpaired) electrons. The fraction of sp³-hybridized carbons (Fsp3) is 0.562. The van der Waals surface area contributed by atoms with Crippen LogP contribution >= 0.6 is 35.0 Å². The van der Waals surface area contributed by atoms with E-state index in [-0.39, 0.29) is 23.2 Å². The molecule has 9 heteroatoms. The molecule has 1 aromatic carbocycles. The van der Waals surface area contributed by atoms with Crippen molar-refractivity contribution in [1.82, 2.24) is 5.32 Å². The number of nitrogens with one attached hydrogen (secondary N) is 1. The lowest BCUT2D eigenvalue weighted by molar-refractivity contribution is -0.119. The Balaban J connectivity index is 1.93. The van der Waals surface area contributed by atoms with Crippen molar-refractivity contribution in [1.29, 1.82) is 0 Å². The van der Waals surface area contributed by atoms with Crippen molar-refractivity contribution in [3.8, 4) is 0 Å². The van der Waals surface area contributed by atoms with E-state index in [0.29, 0.717) is 16.8 Å². The SMILES string of the molecule is CS(=O)(=O)N(CC(=O)NCCSC1CCCC1)c1cc(Cl)ccc1Cl. The van der Waals surface area contributed by atoms with Gasteiger partial charge in [-0.15, -0.1) is 0 Å². The molecule has 0 bridgehead atoms. The van der Waals surface area contributed by atoms with Gasteiger partial charge < -0.3 is 5.32 Å². The minimum atomic E-state index is -3.67. The predicted octanol–water partition coefficient (Wildman–Crippen LogP) is 3.55. The molecule has 1 saturated carbocycles. The summed E-state index contributed by atoms with van der Waals surface area (Å²) in [6.07, 6.45) is 6.09. The van der Waals surface area contributed by atoms with E-state index in [1.165, 1.54) is 37.8 Å². The van der Waals surface area contributed by atoms with Crippen LogP contribution in [0.25, 0.3) is 0 Å². The summed E-state index contributed by atoms with van der Waals surface area (Å²) in [5, 5.41) is 4.03. The summed E-state index contributed by atoms with van der Waals surface area (Å²) in [7, 11) is -3.67. The normalized spacial score (nSPS) is 15.3. The van der Waals surface area contributed by atoms with Gasteiger partial charge in [0.1, 0.15) is 6.54 Å². The molecule has 0 spiro atoms. The number of anilines is 1. The van der Waals surface area contributed by atoms with Gasteiger partial charge in [-0.3, -0.25) is 9.10 Å². The largest absolute Gasteiger partial charge is 0.354 e. The van der Waals surface area contributed by atoms with Crippen LogP contribution in [0.2, 0.25) is 10.0 Å². The van der Waals surface area contributed by atoms with Gasteiger partial charge >= 0.3 is 0 Å². The highest BCUT2D eigenvalue weighted by Gasteiger charge is 2.23. The summed E-state index contributed by atoms with van der Waals surface area (Å²) in [4.78, 5) is 12.2. The molecule has 1 aliphatic rings. The number of hydrogen-bond donors (Lipinski definition) is 1. The molecule has 1 aliphatic carbocycles. The Labute approximate surface area is 163 Å². The molecule has 2 rings (SSSR count). The first-order valence-electron chi connectivity index (χ1n) is 8.08. The maximum absolute atomic E-state index is 12.2. The van der Waals surface area contributed by atoms with Crippen LogP contribution in [-0.2, 0) is 14.8 Å². The monoisotopic (exact) mass is 424 g/mol. The summed E-state index contributed by atoms with van der Waals surface area (Å²) >= 11 is 13.9. The van der Waals surface area contributed by atoms with Crippen LogP contribution in [0, 0.1) is 0 Å². The number of benzene rings is 1.